The standard InChI is InChI=1S/C18H28N4O2.HI/c1-4-19-18(21-11-10-20-14(2)23)22-12-9-16(13-22)15-5-7-17(24-3)8-6-15;/h5-8,16H,4,9-13H2,1-3H3,(H,19,21)(H,20,23);1H. The topological polar surface area (TPSA) is 66.0 Å². The maximum Gasteiger partial charge on any atom is 0.216 e. The lowest BCUT2D eigenvalue weighted by atomic mass is 9.98. The molecule has 0 aromatic heterocycles. The Labute approximate surface area is 167 Å². The largest absolute Gasteiger partial charge is 0.497 e. The van der Waals surface area contributed by atoms with E-state index in [1.807, 2.05) is 12.1 Å². The van der Waals surface area contributed by atoms with E-state index in [-0.39, 0.29) is 29.9 Å². The fourth-order valence-corrected chi connectivity index (χ4v) is 2.92. The van der Waals surface area contributed by atoms with Gasteiger partial charge in [-0.1, -0.05) is 12.1 Å². The number of carbonyl (C=O) groups is 1. The van der Waals surface area contributed by atoms with Crippen LogP contribution < -0.4 is 15.4 Å². The van der Waals surface area contributed by atoms with E-state index in [4.69, 9.17) is 4.74 Å². The minimum absolute atomic E-state index is 0. The van der Waals surface area contributed by atoms with Gasteiger partial charge in [0, 0.05) is 39.0 Å². The molecule has 1 heterocycles. The lowest BCUT2D eigenvalue weighted by molar-refractivity contribution is -0.118. The number of hydrogen-bond acceptors (Lipinski definition) is 3. The Kier molecular flexibility index (Phi) is 9.62. The van der Waals surface area contributed by atoms with Crippen LogP contribution in [-0.2, 0) is 4.79 Å². The molecule has 7 heteroatoms. The summed E-state index contributed by atoms with van der Waals surface area (Å²) in [5.74, 6) is 2.31. The number of amides is 1. The maximum absolute atomic E-state index is 10.9. The molecule has 0 bridgehead atoms. The molecule has 2 N–H and O–H groups in total. The number of ether oxygens (including phenoxy) is 1. The van der Waals surface area contributed by atoms with E-state index >= 15 is 0 Å². The van der Waals surface area contributed by atoms with Gasteiger partial charge in [0.1, 0.15) is 5.75 Å². The number of aliphatic imine (C=N–C) groups is 1. The van der Waals surface area contributed by atoms with Gasteiger partial charge in [0.05, 0.1) is 13.7 Å². The van der Waals surface area contributed by atoms with Crippen molar-refractivity contribution < 1.29 is 9.53 Å². The van der Waals surface area contributed by atoms with Crippen LogP contribution in [0.15, 0.2) is 29.3 Å². The van der Waals surface area contributed by atoms with Crippen LogP contribution in [-0.4, -0.2) is 56.6 Å². The van der Waals surface area contributed by atoms with Crippen molar-refractivity contribution in [3.05, 3.63) is 29.8 Å². The highest BCUT2D eigenvalue weighted by Gasteiger charge is 2.25. The van der Waals surface area contributed by atoms with E-state index in [1.165, 1.54) is 12.5 Å². The number of nitrogens with zero attached hydrogens (tertiary/aromatic N) is 2. The minimum atomic E-state index is -0.0176. The molecule has 1 atom stereocenters. The average molecular weight is 460 g/mol. The van der Waals surface area contributed by atoms with Gasteiger partial charge in [-0.3, -0.25) is 9.79 Å². The van der Waals surface area contributed by atoms with Crippen LogP contribution >= 0.6 is 24.0 Å². The molecule has 25 heavy (non-hydrogen) atoms. The molecule has 1 unspecified atom stereocenters. The van der Waals surface area contributed by atoms with Crippen molar-refractivity contribution in [3.8, 4) is 5.75 Å². The molecule has 1 aromatic rings. The first kappa shape index (κ1) is 21.5. The van der Waals surface area contributed by atoms with Gasteiger partial charge in [-0.2, -0.15) is 0 Å². The molecule has 0 spiro atoms. The van der Waals surface area contributed by atoms with E-state index in [9.17, 15) is 4.79 Å². The summed E-state index contributed by atoms with van der Waals surface area (Å²) in [5, 5.41) is 6.12. The van der Waals surface area contributed by atoms with Crippen LogP contribution in [0.4, 0.5) is 0 Å². The Morgan fingerprint density at radius 2 is 2.04 bits per heavy atom. The number of likely N-dealkylation sites (tertiary alicyclic amines) is 1. The summed E-state index contributed by atoms with van der Waals surface area (Å²) in [5.41, 5.74) is 1.34. The van der Waals surface area contributed by atoms with Crippen LogP contribution in [0.1, 0.15) is 31.7 Å². The second-order valence-electron chi connectivity index (χ2n) is 5.92. The van der Waals surface area contributed by atoms with Crippen molar-refractivity contribution in [2.45, 2.75) is 26.2 Å². The third kappa shape index (κ3) is 6.72. The van der Waals surface area contributed by atoms with Gasteiger partial charge in [-0.05, 0) is 31.0 Å². The Balaban J connectivity index is 0.00000312. The average Bonchev–Trinajstić information content (AvgIpc) is 3.07. The predicted octanol–water partition coefficient (Wildman–Crippen LogP) is 2.20. The third-order valence-corrected chi connectivity index (χ3v) is 4.16. The van der Waals surface area contributed by atoms with Gasteiger partial charge in [-0.15, -0.1) is 24.0 Å². The van der Waals surface area contributed by atoms with E-state index in [0.29, 0.717) is 19.0 Å². The smallest absolute Gasteiger partial charge is 0.216 e. The Hall–Kier alpha value is -1.51. The van der Waals surface area contributed by atoms with Crippen LogP contribution in [0.5, 0.6) is 5.75 Å². The second kappa shape index (κ2) is 11.2. The normalized spacial score (nSPS) is 17.0. The quantitative estimate of drug-likeness (QED) is 0.296. The number of nitrogens with one attached hydrogen (secondary N) is 2. The van der Waals surface area contributed by atoms with Crippen molar-refractivity contribution in [1.29, 1.82) is 0 Å². The first-order valence-corrected chi connectivity index (χ1v) is 8.55. The molecule has 0 aliphatic carbocycles. The van der Waals surface area contributed by atoms with Gasteiger partial charge in [-0.25, -0.2) is 0 Å². The zero-order valence-electron chi connectivity index (χ0n) is 15.2. The number of benzene rings is 1. The minimum Gasteiger partial charge on any atom is -0.497 e. The molecule has 1 aromatic carbocycles. The van der Waals surface area contributed by atoms with Gasteiger partial charge in [0.15, 0.2) is 5.96 Å². The molecule has 1 aliphatic rings. The summed E-state index contributed by atoms with van der Waals surface area (Å²) in [6, 6.07) is 8.33. The van der Waals surface area contributed by atoms with Crippen LogP contribution in [0.25, 0.3) is 0 Å². The lowest BCUT2D eigenvalue weighted by Crippen LogP contribution is -2.40. The summed E-state index contributed by atoms with van der Waals surface area (Å²) in [6.45, 7) is 7.53. The number of hydrogen-bond donors (Lipinski definition) is 2. The molecule has 140 valence electrons. The second-order valence-corrected chi connectivity index (χ2v) is 5.92. The monoisotopic (exact) mass is 460 g/mol. The highest BCUT2D eigenvalue weighted by molar-refractivity contribution is 14.0. The van der Waals surface area contributed by atoms with Gasteiger partial charge in [0.2, 0.25) is 5.91 Å². The summed E-state index contributed by atoms with van der Waals surface area (Å²) < 4.78 is 5.23. The summed E-state index contributed by atoms with van der Waals surface area (Å²) >= 11 is 0. The highest BCUT2D eigenvalue weighted by atomic mass is 127. The maximum atomic E-state index is 10.9. The SMILES string of the molecule is CCNC(=NCCNC(C)=O)N1CCC(c2ccc(OC)cc2)C1.I. The number of halogens is 1. The fourth-order valence-electron chi connectivity index (χ4n) is 2.92. The van der Waals surface area contributed by atoms with Crippen molar-refractivity contribution in [2.75, 3.05) is 39.8 Å². The molecule has 1 saturated heterocycles. The van der Waals surface area contributed by atoms with Crippen molar-refractivity contribution in [1.82, 2.24) is 15.5 Å². The molecule has 6 nitrogen and oxygen atoms in total. The first-order valence-electron chi connectivity index (χ1n) is 8.55. The molecule has 0 saturated carbocycles. The highest BCUT2D eigenvalue weighted by Crippen LogP contribution is 2.28. The van der Waals surface area contributed by atoms with Crippen LogP contribution in [0.2, 0.25) is 0 Å². The van der Waals surface area contributed by atoms with E-state index in [2.05, 4.69) is 39.6 Å². The molecule has 1 fully saturated rings. The van der Waals surface area contributed by atoms with E-state index in [0.717, 1.165) is 37.8 Å². The number of guanidine groups is 1. The van der Waals surface area contributed by atoms with Crippen molar-refractivity contribution >= 4 is 35.8 Å². The predicted molar refractivity (Wildman–Crippen MR) is 112 cm³/mol. The molecule has 1 amide bonds. The molecule has 1 aliphatic heterocycles. The van der Waals surface area contributed by atoms with Crippen molar-refractivity contribution in [3.63, 3.8) is 0 Å². The molecular formula is C18H29IN4O2. The van der Waals surface area contributed by atoms with Crippen molar-refractivity contribution in [2.24, 2.45) is 4.99 Å². The summed E-state index contributed by atoms with van der Waals surface area (Å²) in [6.07, 6.45) is 1.11. The van der Waals surface area contributed by atoms with E-state index in [1.54, 1.807) is 7.11 Å². The van der Waals surface area contributed by atoms with Gasteiger partial charge < -0.3 is 20.3 Å². The molecule has 2 rings (SSSR count). The summed E-state index contributed by atoms with van der Waals surface area (Å²) in [7, 11) is 1.69. The summed E-state index contributed by atoms with van der Waals surface area (Å²) in [4.78, 5) is 17.8. The number of methoxy groups -OCH3 is 1. The van der Waals surface area contributed by atoms with Crippen LogP contribution in [0, 0.1) is 0 Å². The Morgan fingerprint density at radius 1 is 1.32 bits per heavy atom. The van der Waals surface area contributed by atoms with Gasteiger partial charge in [0.25, 0.3) is 0 Å². The fraction of sp³-hybridized carbons (Fsp3) is 0.556. The Bertz CT molecular complexity index is 563. The number of rotatable bonds is 6. The van der Waals surface area contributed by atoms with E-state index < -0.39 is 0 Å². The zero-order chi connectivity index (χ0) is 17.4. The Morgan fingerprint density at radius 3 is 2.64 bits per heavy atom. The zero-order valence-corrected chi connectivity index (χ0v) is 17.6. The number of carbonyl (C=O) groups excluding carboxylic acids is 1. The van der Waals surface area contributed by atoms with Gasteiger partial charge >= 0.3 is 0 Å². The molecule has 0 radical (unpaired) electrons. The molecular weight excluding hydrogens is 431 g/mol. The first-order chi connectivity index (χ1) is 11.6. The lowest BCUT2D eigenvalue weighted by Gasteiger charge is -2.22. The third-order valence-electron chi connectivity index (χ3n) is 4.16. The van der Waals surface area contributed by atoms with Crippen LogP contribution in [0.3, 0.4) is 0 Å².